The molecule has 0 saturated heterocycles. The number of nitrogens with zero attached hydrogens (tertiary/aromatic N) is 2. The number of para-hydroxylation sites is 2. The van der Waals surface area contributed by atoms with E-state index in [2.05, 4.69) is 49.7 Å². The predicted octanol–water partition coefficient (Wildman–Crippen LogP) is 6.21. The topological polar surface area (TPSA) is 24.8 Å². The maximum absolute atomic E-state index is 6.62. The van der Waals surface area contributed by atoms with E-state index < -0.39 is 0 Å². The summed E-state index contributed by atoms with van der Waals surface area (Å²) < 4.78 is 5.37. The monoisotopic (exact) mass is 370 g/mol. The first-order chi connectivity index (χ1) is 12.4. The van der Waals surface area contributed by atoms with Gasteiger partial charge in [-0.05, 0) is 62.9 Å². The van der Waals surface area contributed by atoms with Crippen LogP contribution in [0.5, 0.6) is 5.75 Å². The number of rotatable bonds is 4. The van der Waals surface area contributed by atoms with Crippen LogP contribution in [0.15, 0.2) is 41.4 Å². The molecule has 0 spiro atoms. The fraction of sp³-hybridized carbons (Fsp3) is 0.409. The van der Waals surface area contributed by atoms with Crippen molar-refractivity contribution in [3.63, 3.8) is 0 Å². The number of anilines is 1. The van der Waals surface area contributed by atoms with Crippen LogP contribution in [0.4, 0.5) is 11.4 Å². The van der Waals surface area contributed by atoms with E-state index >= 15 is 0 Å². The Labute approximate surface area is 161 Å². The Bertz CT molecular complexity index is 829. The number of hydrogen-bond acceptors (Lipinski definition) is 3. The van der Waals surface area contributed by atoms with Crippen molar-refractivity contribution in [2.45, 2.75) is 45.6 Å². The van der Waals surface area contributed by atoms with Gasteiger partial charge in [-0.1, -0.05) is 30.7 Å². The molecule has 1 atom stereocenters. The average molecular weight is 371 g/mol. The standard InChI is InChI=1S/C22H27ClN2O/c1-6-25-20-12-18(23)16(11-17(20)15(2)13-22(25,3)4)14-24-19-9-7-8-10-21(19)26-5/h7-12,14-15H,6,13H2,1-5H3. The Morgan fingerprint density at radius 2 is 2.04 bits per heavy atom. The lowest BCUT2D eigenvalue weighted by molar-refractivity contribution is 0.381. The molecule has 2 aromatic carbocycles. The van der Waals surface area contributed by atoms with Crippen LogP contribution < -0.4 is 9.64 Å². The minimum Gasteiger partial charge on any atom is -0.494 e. The van der Waals surface area contributed by atoms with E-state index in [-0.39, 0.29) is 5.54 Å². The zero-order chi connectivity index (χ0) is 18.9. The van der Waals surface area contributed by atoms with Gasteiger partial charge in [0.25, 0.3) is 0 Å². The smallest absolute Gasteiger partial charge is 0.144 e. The van der Waals surface area contributed by atoms with E-state index in [0.29, 0.717) is 5.92 Å². The Balaban J connectivity index is 2.01. The number of benzene rings is 2. The quantitative estimate of drug-likeness (QED) is 0.597. The third-order valence-corrected chi connectivity index (χ3v) is 5.58. The molecule has 0 aliphatic carbocycles. The van der Waals surface area contributed by atoms with Gasteiger partial charge >= 0.3 is 0 Å². The fourth-order valence-corrected chi connectivity index (χ4v) is 4.30. The van der Waals surface area contributed by atoms with Gasteiger partial charge in [0, 0.05) is 29.5 Å². The molecule has 1 aliphatic heterocycles. The van der Waals surface area contributed by atoms with Crippen molar-refractivity contribution in [1.29, 1.82) is 0 Å². The molecule has 0 N–H and O–H groups in total. The fourth-order valence-electron chi connectivity index (χ4n) is 4.09. The van der Waals surface area contributed by atoms with E-state index in [1.54, 1.807) is 7.11 Å². The van der Waals surface area contributed by atoms with Crippen LogP contribution in [0.3, 0.4) is 0 Å². The Hall–Kier alpha value is -2.00. The van der Waals surface area contributed by atoms with Gasteiger partial charge in [-0.25, -0.2) is 0 Å². The van der Waals surface area contributed by atoms with E-state index in [1.807, 2.05) is 30.5 Å². The molecule has 3 rings (SSSR count). The van der Waals surface area contributed by atoms with Crippen molar-refractivity contribution in [3.8, 4) is 5.75 Å². The van der Waals surface area contributed by atoms with Crippen molar-refractivity contribution in [3.05, 3.63) is 52.5 Å². The van der Waals surface area contributed by atoms with E-state index in [0.717, 1.165) is 35.0 Å². The molecule has 0 aromatic heterocycles. The molecular weight excluding hydrogens is 344 g/mol. The number of aliphatic imine (C=N–C) groups is 1. The van der Waals surface area contributed by atoms with Gasteiger partial charge in [0.05, 0.1) is 12.1 Å². The van der Waals surface area contributed by atoms with E-state index in [9.17, 15) is 0 Å². The van der Waals surface area contributed by atoms with Gasteiger partial charge in [-0.3, -0.25) is 4.99 Å². The van der Waals surface area contributed by atoms with Crippen LogP contribution >= 0.6 is 11.6 Å². The van der Waals surface area contributed by atoms with Crippen molar-refractivity contribution >= 4 is 29.2 Å². The number of halogens is 1. The first-order valence-corrected chi connectivity index (χ1v) is 9.53. The van der Waals surface area contributed by atoms with Crippen molar-refractivity contribution in [2.75, 3.05) is 18.6 Å². The second kappa shape index (κ2) is 7.32. The summed E-state index contributed by atoms with van der Waals surface area (Å²) in [4.78, 5) is 7.06. The first kappa shape index (κ1) is 18.8. The Morgan fingerprint density at radius 3 is 2.73 bits per heavy atom. The SMILES string of the molecule is CCN1c2cc(Cl)c(C=Nc3ccccc3OC)cc2C(C)CC1(C)C. The van der Waals surface area contributed by atoms with Gasteiger partial charge in [-0.15, -0.1) is 0 Å². The highest BCUT2D eigenvalue weighted by Gasteiger charge is 2.35. The lowest BCUT2D eigenvalue weighted by Crippen LogP contribution is -2.48. The van der Waals surface area contributed by atoms with E-state index in [4.69, 9.17) is 16.3 Å². The molecule has 0 fully saturated rings. The lowest BCUT2D eigenvalue weighted by atomic mass is 9.79. The van der Waals surface area contributed by atoms with Crippen LogP contribution in [0.25, 0.3) is 0 Å². The van der Waals surface area contributed by atoms with Crippen LogP contribution in [0, 0.1) is 0 Å². The molecule has 138 valence electrons. The molecular formula is C22H27ClN2O. The summed E-state index contributed by atoms with van der Waals surface area (Å²) in [5.74, 6) is 1.24. The summed E-state index contributed by atoms with van der Waals surface area (Å²) in [6.45, 7) is 10.1. The molecule has 1 heterocycles. The largest absolute Gasteiger partial charge is 0.494 e. The predicted molar refractivity (Wildman–Crippen MR) is 112 cm³/mol. The number of ether oxygens (including phenoxy) is 1. The third kappa shape index (κ3) is 3.45. The number of fused-ring (bicyclic) bond motifs is 1. The lowest BCUT2D eigenvalue weighted by Gasteiger charge is -2.47. The Kier molecular flexibility index (Phi) is 5.29. The molecule has 1 aliphatic rings. The molecule has 1 unspecified atom stereocenters. The summed E-state index contributed by atoms with van der Waals surface area (Å²) in [7, 11) is 1.66. The second-order valence-electron chi connectivity index (χ2n) is 7.52. The molecule has 0 amide bonds. The molecule has 3 nitrogen and oxygen atoms in total. The zero-order valence-corrected chi connectivity index (χ0v) is 17.0. The molecule has 0 bridgehead atoms. The van der Waals surface area contributed by atoms with Crippen LogP contribution in [-0.4, -0.2) is 25.4 Å². The number of hydrogen-bond donors (Lipinski definition) is 0. The minimum atomic E-state index is 0.136. The molecule has 2 aromatic rings. The van der Waals surface area contributed by atoms with Crippen molar-refractivity contribution < 1.29 is 4.74 Å². The van der Waals surface area contributed by atoms with Gasteiger partial charge in [-0.2, -0.15) is 0 Å². The van der Waals surface area contributed by atoms with Crippen molar-refractivity contribution in [1.82, 2.24) is 0 Å². The highest BCUT2D eigenvalue weighted by atomic mass is 35.5. The Morgan fingerprint density at radius 1 is 1.31 bits per heavy atom. The van der Waals surface area contributed by atoms with Crippen LogP contribution in [0.1, 0.15) is 51.2 Å². The minimum absolute atomic E-state index is 0.136. The summed E-state index contributed by atoms with van der Waals surface area (Å²) in [6, 6.07) is 12.0. The maximum Gasteiger partial charge on any atom is 0.144 e. The molecule has 26 heavy (non-hydrogen) atoms. The summed E-state index contributed by atoms with van der Waals surface area (Å²) in [5, 5.41) is 0.728. The first-order valence-electron chi connectivity index (χ1n) is 9.15. The normalized spacial score (nSPS) is 18.8. The maximum atomic E-state index is 6.62. The number of methoxy groups -OCH3 is 1. The van der Waals surface area contributed by atoms with Gasteiger partial charge in [0.1, 0.15) is 11.4 Å². The third-order valence-electron chi connectivity index (χ3n) is 5.25. The van der Waals surface area contributed by atoms with Gasteiger partial charge in [0.2, 0.25) is 0 Å². The average Bonchev–Trinajstić information content (AvgIpc) is 2.60. The van der Waals surface area contributed by atoms with Crippen molar-refractivity contribution in [2.24, 2.45) is 4.99 Å². The summed E-state index contributed by atoms with van der Waals surface area (Å²) in [6.07, 6.45) is 2.96. The van der Waals surface area contributed by atoms with Gasteiger partial charge in [0.15, 0.2) is 0 Å². The zero-order valence-electron chi connectivity index (χ0n) is 16.2. The molecule has 0 saturated carbocycles. The molecule has 0 radical (unpaired) electrons. The van der Waals surface area contributed by atoms with Crippen LogP contribution in [0.2, 0.25) is 5.02 Å². The highest BCUT2D eigenvalue weighted by molar-refractivity contribution is 6.33. The summed E-state index contributed by atoms with van der Waals surface area (Å²) >= 11 is 6.62. The van der Waals surface area contributed by atoms with Gasteiger partial charge < -0.3 is 9.64 Å². The second-order valence-corrected chi connectivity index (χ2v) is 7.93. The summed E-state index contributed by atoms with van der Waals surface area (Å²) in [5.41, 5.74) is 4.47. The molecule has 4 heteroatoms. The van der Waals surface area contributed by atoms with Crippen LogP contribution in [-0.2, 0) is 0 Å². The highest BCUT2D eigenvalue weighted by Crippen LogP contribution is 2.44. The van der Waals surface area contributed by atoms with E-state index in [1.165, 1.54) is 11.3 Å².